The van der Waals surface area contributed by atoms with E-state index in [1.54, 1.807) is 47.2 Å². The molecule has 6 heteroatoms. The van der Waals surface area contributed by atoms with Crippen LogP contribution in [0.15, 0.2) is 72.8 Å². The van der Waals surface area contributed by atoms with Gasteiger partial charge in [0.15, 0.2) is 23.1 Å². The third-order valence-corrected chi connectivity index (χ3v) is 4.40. The summed E-state index contributed by atoms with van der Waals surface area (Å²) in [6, 6.07) is 21.7. The lowest BCUT2D eigenvalue weighted by atomic mass is 10.2. The van der Waals surface area contributed by atoms with Crippen molar-refractivity contribution >= 4 is 12.2 Å². The Balaban J connectivity index is 1.77. The molecular weight excluding hydrogens is 366 g/mol. The molecule has 0 unspecified atom stereocenters. The molecule has 0 fully saturated rings. The second-order valence-corrected chi connectivity index (χ2v) is 6.32. The van der Waals surface area contributed by atoms with Crippen LogP contribution in [-0.2, 0) is 0 Å². The van der Waals surface area contributed by atoms with Crippen LogP contribution in [0.2, 0.25) is 0 Å². The monoisotopic (exact) mass is 385 g/mol. The molecule has 0 aliphatic rings. The van der Waals surface area contributed by atoms with E-state index in [0.29, 0.717) is 23.0 Å². The number of rotatable bonds is 5. The van der Waals surface area contributed by atoms with E-state index in [9.17, 15) is 10.2 Å². The summed E-state index contributed by atoms with van der Waals surface area (Å²) in [6.07, 6.45) is 3.61. The van der Waals surface area contributed by atoms with Gasteiger partial charge in [0.25, 0.3) is 0 Å². The van der Waals surface area contributed by atoms with Crippen LogP contribution in [0.5, 0.6) is 17.2 Å². The van der Waals surface area contributed by atoms with Crippen LogP contribution in [0.4, 0.5) is 0 Å². The predicted octanol–water partition coefficient (Wildman–Crippen LogP) is 4.52. The molecule has 3 aromatic carbocycles. The molecule has 0 saturated heterocycles. The van der Waals surface area contributed by atoms with Gasteiger partial charge in [-0.25, -0.2) is 9.67 Å². The molecule has 0 atom stereocenters. The van der Waals surface area contributed by atoms with Gasteiger partial charge in [0.2, 0.25) is 0 Å². The number of nitrogens with zero attached hydrogens (tertiary/aromatic N) is 3. The number of aromatic nitrogens is 3. The average Bonchev–Trinajstić information content (AvgIpc) is 3.18. The minimum absolute atomic E-state index is 0.0815. The van der Waals surface area contributed by atoms with Gasteiger partial charge >= 0.3 is 0 Å². The Bertz CT molecular complexity index is 1170. The lowest BCUT2D eigenvalue weighted by Crippen LogP contribution is -1.99. The number of aromatic hydroxyl groups is 2. The third kappa shape index (κ3) is 3.82. The summed E-state index contributed by atoms with van der Waals surface area (Å²) in [6.45, 7) is 0. The van der Waals surface area contributed by atoms with Gasteiger partial charge in [-0.1, -0.05) is 42.5 Å². The minimum atomic E-state index is 0.0815. The number of para-hydroxylation sites is 2. The maximum atomic E-state index is 10.3. The Morgan fingerprint density at radius 3 is 2.38 bits per heavy atom. The molecule has 4 aromatic rings. The zero-order valence-corrected chi connectivity index (χ0v) is 15.7. The molecular formula is C23H19N3O3. The Morgan fingerprint density at radius 1 is 0.862 bits per heavy atom. The van der Waals surface area contributed by atoms with Crippen LogP contribution >= 0.6 is 0 Å². The van der Waals surface area contributed by atoms with Gasteiger partial charge in [-0.05, 0) is 48.0 Å². The first-order valence-electron chi connectivity index (χ1n) is 9.01. The second-order valence-electron chi connectivity index (χ2n) is 6.32. The zero-order valence-electron chi connectivity index (χ0n) is 15.7. The van der Waals surface area contributed by atoms with Crippen molar-refractivity contribution in [2.24, 2.45) is 0 Å². The fourth-order valence-corrected chi connectivity index (χ4v) is 2.95. The number of hydrogen-bond donors (Lipinski definition) is 2. The van der Waals surface area contributed by atoms with Gasteiger partial charge in [0.1, 0.15) is 5.75 Å². The van der Waals surface area contributed by atoms with E-state index in [-0.39, 0.29) is 11.5 Å². The van der Waals surface area contributed by atoms with Crippen LogP contribution in [0.1, 0.15) is 11.4 Å². The van der Waals surface area contributed by atoms with E-state index < -0.39 is 0 Å². The summed E-state index contributed by atoms with van der Waals surface area (Å²) in [5.41, 5.74) is 2.26. The zero-order chi connectivity index (χ0) is 20.2. The molecule has 0 saturated carbocycles. The van der Waals surface area contributed by atoms with Gasteiger partial charge in [-0.3, -0.25) is 0 Å². The highest BCUT2D eigenvalue weighted by Gasteiger charge is 2.15. The van der Waals surface area contributed by atoms with Crippen molar-refractivity contribution in [1.82, 2.24) is 14.8 Å². The number of ether oxygens (including phenoxy) is 1. The van der Waals surface area contributed by atoms with Gasteiger partial charge in [-0.2, -0.15) is 0 Å². The highest BCUT2D eigenvalue weighted by Crippen LogP contribution is 2.30. The average molecular weight is 385 g/mol. The fraction of sp³-hybridized carbons (Fsp3) is 0.0435. The highest BCUT2D eigenvalue weighted by atomic mass is 16.5. The van der Waals surface area contributed by atoms with E-state index in [1.165, 1.54) is 7.11 Å². The maximum absolute atomic E-state index is 10.3. The summed E-state index contributed by atoms with van der Waals surface area (Å²) in [5, 5.41) is 24.6. The molecule has 0 bridgehead atoms. The number of benzene rings is 3. The molecule has 0 spiro atoms. The van der Waals surface area contributed by atoms with Crippen molar-refractivity contribution < 1.29 is 14.9 Å². The molecule has 4 rings (SSSR count). The van der Waals surface area contributed by atoms with Crippen molar-refractivity contribution in [2.45, 2.75) is 0 Å². The second kappa shape index (κ2) is 7.90. The number of phenols is 2. The SMILES string of the molecule is COc1cc(/C=C/c2nc(-c3ccccc3O)n(-c3ccccc3)n2)ccc1O. The molecule has 6 nitrogen and oxygen atoms in total. The quantitative estimate of drug-likeness (QED) is 0.528. The summed E-state index contributed by atoms with van der Waals surface area (Å²) >= 11 is 0. The number of hydrogen-bond acceptors (Lipinski definition) is 5. The predicted molar refractivity (Wildman–Crippen MR) is 112 cm³/mol. The largest absolute Gasteiger partial charge is 0.507 e. The first kappa shape index (κ1) is 18.3. The van der Waals surface area contributed by atoms with Gasteiger partial charge in [-0.15, -0.1) is 5.10 Å². The van der Waals surface area contributed by atoms with Crippen molar-refractivity contribution in [2.75, 3.05) is 7.11 Å². The molecule has 1 heterocycles. The molecule has 2 N–H and O–H groups in total. The van der Waals surface area contributed by atoms with E-state index in [1.807, 2.05) is 42.5 Å². The maximum Gasteiger partial charge on any atom is 0.175 e. The standard InChI is InChI=1S/C23H19N3O3/c1-29-21-15-16(11-13-20(21)28)12-14-22-24-23(18-9-5-6-10-19(18)27)26(25-22)17-7-3-2-4-8-17/h2-15,27-28H,1H3/b14-12+. The van der Waals surface area contributed by atoms with E-state index in [4.69, 9.17) is 4.74 Å². The van der Waals surface area contributed by atoms with Crippen molar-refractivity contribution in [3.05, 3.63) is 84.2 Å². The Morgan fingerprint density at radius 2 is 1.62 bits per heavy atom. The van der Waals surface area contributed by atoms with Crippen LogP contribution < -0.4 is 4.74 Å². The van der Waals surface area contributed by atoms with Gasteiger partial charge in [0, 0.05) is 0 Å². The Labute approximate surface area is 168 Å². The van der Waals surface area contributed by atoms with Crippen LogP contribution in [0.25, 0.3) is 29.2 Å². The smallest absolute Gasteiger partial charge is 0.175 e. The molecule has 144 valence electrons. The first-order chi connectivity index (χ1) is 14.2. The van der Waals surface area contributed by atoms with E-state index in [0.717, 1.165) is 11.3 Å². The van der Waals surface area contributed by atoms with Crippen LogP contribution in [0.3, 0.4) is 0 Å². The van der Waals surface area contributed by atoms with Crippen LogP contribution in [-0.4, -0.2) is 32.1 Å². The summed E-state index contributed by atoms with van der Waals surface area (Å²) in [7, 11) is 1.50. The Kier molecular flexibility index (Phi) is 4.99. The third-order valence-electron chi connectivity index (χ3n) is 4.40. The number of phenolic OH excluding ortho intramolecular Hbond substituents is 2. The topological polar surface area (TPSA) is 80.4 Å². The van der Waals surface area contributed by atoms with E-state index >= 15 is 0 Å². The lowest BCUT2D eigenvalue weighted by Gasteiger charge is -2.06. The Hall–Kier alpha value is -4.06. The molecule has 29 heavy (non-hydrogen) atoms. The minimum Gasteiger partial charge on any atom is -0.507 e. The van der Waals surface area contributed by atoms with Crippen LogP contribution in [0, 0.1) is 0 Å². The van der Waals surface area contributed by atoms with Gasteiger partial charge in [0.05, 0.1) is 18.4 Å². The summed E-state index contributed by atoms with van der Waals surface area (Å²) in [4.78, 5) is 4.62. The molecule has 1 aromatic heterocycles. The molecule has 0 aliphatic heterocycles. The molecule has 0 aliphatic carbocycles. The first-order valence-corrected chi connectivity index (χ1v) is 9.01. The van der Waals surface area contributed by atoms with E-state index in [2.05, 4.69) is 10.1 Å². The van der Waals surface area contributed by atoms with Crippen molar-refractivity contribution in [1.29, 1.82) is 0 Å². The summed E-state index contributed by atoms with van der Waals surface area (Å²) < 4.78 is 6.84. The lowest BCUT2D eigenvalue weighted by molar-refractivity contribution is 0.373. The molecule has 0 amide bonds. The molecule has 0 radical (unpaired) electrons. The normalized spacial score (nSPS) is 11.1. The highest BCUT2D eigenvalue weighted by molar-refractivity contribution is 5.71. The fourth-order valence-electron chi connectivity index (χ4n) is 2.95. The number of methoxy groups -OCH3 is 1. The van der Waals surface area contributed by atoms with Crippen molar-refractivity contribution in [3.8, 4) is 34.3 Å². The van der Waals surface area contributed by atoms with Gasteiger partial charge < -0.3 is 14.9 Å². The summed E-state index contributed by atoms with van der Waals surface area (Å²) in [5.74, 6) is 1.63. The van der Waals surface area contributed by atoms with Crippen molar-refractivity contribution in [3.63, 3.8) is 0 Å².